The Balaban J connectivity index is 1.55. The number of carbonyl (C=O) groups excluding carboxylic acids is 1. The summed E-state index contributed by atoms with van der Waals surface area (Å²) in [4.78, 5) is 15.3. The van der Waals surface area contributed by atoms with E-state index in [0.29, 0.717) is 49.2 Å². The lowest BCUT2D eigenvalue weighted by atomic mass is 9.97. The molecule has 31 heavy (non-hydrogen) atoms. The molecule has 9 heteroatoms. The maximum Gasteiger partial charge on any atom is 0.243 e. The standard InChI is InChI=1S/C22H28ClN3O4S/c1-16(2)13-20-21(27)26(15-18-6-4-12-30-18)22(24-20)8-10-25(11-9-22)31(28,29)19-7-3-5-17(23)14-19/h3-7,12,14,16,20,24H,8-11,13,15H2,1-2H3. The van der Waals surface area contributed by atoms with E-state index in [-0.39, 0.29) is 16.8 Å². The summed E-state index contributed by atoms with van der Waals surface area (Å²) in [5.41, 5.74) is -0.580. The molecule has 0 aliphatic carbocycles. The molecule has 1 aromatic heterocycles. The number of piperidine rings is 1. The predicted octanol–water partition coefficient (Wildman–Crippen LogP) is 3.46. The molecule has 2 aliphatic heterocycles. The van der Waals surface area contributed by atoms with Gasteiger partial charge in [-0.25, -0.2) is 8.42 Å². The maximum absolute atomic E-state index is 13.3. The largest absolute Gasteiger partial charge is 0.467 e. The van der Waals surface area contributed by atoms with Crippen LogP contribution in [-0.4, -0.2) is 48.3 Å². The Morgan fingerprint density at radius 1 is 1.23 bits per heavy atom. The van der Waals surface area contributed by atoms with Crippen molar-refractivity contribution in [3.63, 3.8) is 0 Å². The Bertz CT molecular complexity index is 1030. The lowest BCUT2D eigenvalue weighted by Crippen LogP contribution is -2.59. The van der Waals surface area contributed by atoms with Crippen molar-refractivity contribution in [2.45, 2.75) is 56.3 Å². The normalized spacial score (nSPS) is 22.0. The van der Waals surface area contributed by atoms with Gasteiger partial charge < -0.3 is 9.32 Å². The lowest BCUT2D eigenvalue weighted by molar-refractivity contribution is -0.134. The third kappa shape index (κ3) is 4.39. The summed E-state index contributed by atoms with van der Waals surface area (Å²) in [5, 5.41) is 3.95. The molecule has 0 bridgehead atoms. The van der Waals surface area contributed by atoms with Crippen molar-refractivity contribution in [3.05, 3.63) is 53.4 Å². The SMILES string of the molecule is CC(C)CC1NC2(CCN(S(=O)(=O)c3cccc(Cl)c3)CC2)N(Cc2ccco2)C1=O. The fourth-order valence-corrected chi connectivity index (χ4v) is 6.31. The van der Waals surface area contributed by atoms with Gasteiger partial charge >= 0.3 is 0 Å². The van der Waals surface area contributed by atoms with E-state index in [0.717, 1.165) is 6.42 Å². The van der Waals surface area contributed by atoms with Gasteiger partial charge in [0.1, 0.15) is 5.76 Å². The third-order valence-corrected chi connectivity index (χ3v) is 8.24. The summed E-state index contributed by atoms with van der Waals surface area (Å²) in [6.07, 6.45) is 3.35. The number of rotatable bonds is 6. The van der Waals surface area contributed by atoms with E-state index in [1.165, 1.54) is 10.4 Å². The quantitative estimate of drug-likeness (QED) is 0.706. The molecule has 2 saturated heterocycles. The summed E-state index contributed by atoms with van der Waals surface area (Å²) in [5.74, 6) is 1.13. The van der Waals surface area contributed by atoms with Crippen molar-refractivity contribution in [1.29, 1.82) is 0 Å². The molecule has 1 amide bonds. The molecular weight excluding hydrogens is 438 g/mol. The first-order valence-corrected chi connectivity index (χ1v) is 12.4. The van der Waals surface area contributed by atoms with Crippen molar-refractivity contribution in [2.75, 3.05) is 13.1 Å². The summed E-state index contributed by atoms with van der Waals surface area (Å²) < 4.78 is 33.2. The molecule has 0 radical (unpaired) electrons. The Morgan fingerprint density at radius 2 is 1.97 bits per heavy atom. The summed E-state index contributed by atoms with van der Waals surface area (Å²) in [6, 6.07) is 9.72. The fourth-order valence-electron chi connectivity index (χ4n) is 4.57. The topological polar surface area (TPSA) is 82.9 Å². The molecular formula is C22H28ClN3O4S. The second-order valence-electron chi connectivity index (χ2n) is 8.72. The molecule has 1 spiro atoms. The van der Waals surface area contributed by atoms with Crippen molar-refractivity contribution in [2.24, 2.45) is 5.92 Å². The molecule has 0 saturated carbocycles. The molecule has 2 fully saturated rings. The van der Waals surface area contributed by atoms with Crippen LogP contribution in [0.25, 0.3) is 0 Å². The number of sulfonamides is 1. The number of nitrogens with one attached hydrogen (secondary N) is 1. The highest BCUT2D eigenvalue weighted by atomic mass is 35.5. The van der Waals surface area contributed by atoms with Crippen LogP contribution in [0.1, 0.15) is 38.9 Å². The lowest BCUT2D eigenvalue weighted by Gasteiger charge is -2.44. The molecule has 168 valence electrons. The van der Waals surface area contributed by atoms with Crippen LogP contribution < -0.4 is 5.32 Å². The monoisotopic (exact) mass is 465 g/mol. The molecule has 1 N–H and O–H groups in total. The molecule has 2 aliphatic rings. The average Bonchev–Trinajstić information content (AvgIpc) is 3.31. The van der Waals surface area contributed by atoms with Crippen LogP contribution >= 0.6 is 11.6 Å². The second kappa shape index (κ2) is 8.58. The van der Waals surface area contributed by atoms with Crippen LogP contribution in [0.3, 0.4) is 0 Å². The molecule has 4 rings (SSSR count). The van der Waals surface area contributed by atoms with Gasteiger partial charge in [0.05, 0.1) is 29.4 Å². The van der Waals surface area contributed by atoms with Crippen molar-refractivity contribution in [3.8, 4) is 0 Å². The van der Waals surface area contributed by atoms with E-state index in [1.54, 1.807) is 24.5 Å². The zero-order chi connectivity index (χ0) is 22.2. The highest BCUT2D eigenvalue weighted by Crippen LogP contribution is 2.36. The van der Waals surface area contributed by atoms with Crippen LogP contribution in [0.4, 0.5) is 0 Å². The fraction of sp³-hybridized carbons (Fsp3) is 0.500. The summed E-state index contributed by atoms with van der Waals surface area (Å²) >= 11 is 6.00. The molecule has 2 aromatic rings. The summed E-state index contributed by atoms with van der Waals surface area (Å²) in [6.45, 7) is 5.19. The van der Waals surface area contributed by atoms with E-state index in [4.69, 9.17) is 16.0 Å². The van der Waals surface area contributed by atoms with Crippen molar-refractivity contribution >= 4 is 27.5 Å². The van der Waals surface area contributed by atoms with E-state index in [1.807, 2.05) is 17.0 Å². The first-order valence-electron chi connectivity index (χ1n) is 10.6. The first-order chi connectivity index (χ1) is 14.7. The summed E-state index contributed by atoms with van der Waals surface area (Å²) in [7, 11) is -3.65. The highest BCUT2D eigenvalue weighted by molar-refractivity contribution is 7.89. The molecule has 1 unspecified atom stereocenters. The zero-order valence-corrected chi connectivity index (χ0v) is 19.3. The van der Waals surface area contributed by atoms with E-state index in [9.17, 15) is 13.2 Å². The molecule has 1 atom stereocenters. The van der Waals surface area contributed by atoms with Gasteiger partial charge in [0.2, 0.25) is 15.9 Å². The zero-order valence-electron chi connectivity index (χ0n) is 17.8. The van der Waals surface area contributed by atoms with Gasteiger partial charge in [0.25, 0.3) is 0 Å². The van der Waals surface area contributed by atoms with Gasteiger partial charge in [-0.1, -0.05) is 31.5 Å². The van der Waals surface area contributed by atoms with Crippen molar-refractivity contribution < 1.29 is 17.6 Å². The predicted molar refractivity (Wildman–Crippen MR) is 118 cm³/mol. The Morgan fingerprint density at radius 3 is 2.58 bits per heavy atom. The number of carbonyl (C=O) groups is 1. The van der Waals surface area contributed by atoms with Gasteiger partial charge in [0, 0.05) is 18.1 Å². The number of benzene rings is 1. The van der Waals surface area contributed by atoms with Crippen LogP contribution in [-0.2, 0) is 21.4 Å². The number of amides is 1. The minimum atomic E-state index is -3.65. The molecule has 3 heterocycles. The minimum absolute atomic E-state index is 0.0521. The van der Waals surface area contributed by atoms with Gasteiger partial charge in [-0.3, -0.25) is 10.1 Å². The highest BCUT2D eigenvalue weighted by Gasteiger charge is 2.52. The Kier molecular flexibility index (Phi) is 6.18. The average molecular weight is 466 g/mol. The van der Waals surface area contributed by atoms with E-state index >= 15 is 0 Å². The minimum Gasteiger partial charge on any atom is -0.467 e. The van der Waals surface area contributed by atoms with Crippen LogP contribution in [0.2, 0.25) is 5.02 Å². The van der Waals surface area contributed by atoms with Crippen LogP contribution in [0.15, 0.2) is 52.0 Å². The maximum atomic E-state index is 13.3. The molecule has 1 aromatic carbocycles. The van der Waals surface area contributed by atoms with Crippen LogP contribution in [0.5, 0.6) is 0 Å². The van der Waals surface area contributed by atoms with Crippen molar-refractivity contribution in [1.82, 2.24) is 14.5 Å². The van der Waals surface area contributed by atoms with E-state index in [2.05, 4.69) is 19.2 Å². The van der Waals surface area contributed by atoms with Crippen LogP contribution in [0, 0.1) is 5.92 Å². The number of hydrogen-bond acceptors (Lipinski definition) is 5. The number of nitrogens with zero attached hydrogens (tertiary/aromatic N) is 2. The van der Waals surface area contributed by atoms with E-state index < -0.39 is 15.7 Å². The van der Waals surface area contributed by atoms with Gasteiger partial charge in [-0.05, 0) is 55.5 Å². The Labute approximate surface area is 188 Å². The Hall–Kier alpha value is -1.87. The van der Waals surface area contributed by atoms with Gasteiger partial charge in [-0.2, -0.15) is 4.31 Å². The first kappa shape index (κ1) is 22.3. The number of halogens is 1. The number of furan rings is 1. The van der Waals surface area contributed by atoms with Gasteiger partial charge in [0.15, 0.2) is 0 Å². The molecule has 7 nitrogen and oxygen atoms in total. The smallest absolute Gasteiger partial charge is 0.243 e. The third-order valence-electron chi connectivity index (χ3n) is 6.11. The van der Waals surface area contributed by atoms with Gasteiger partial charge in [-0.15, -0.1) is 0 Å². The second-order valence-corrected chi connectivity index (χ2v) is 11.1. The number of hydrogen-bond donors (Lipinski definition) is 1.